The Labute approximate surface area is 117 Å². The number of hydrogen-bond acceptors (Lipinski definition) is 5. The van der Waals surface area contributed by atoms with Crippen LogP contribution in [0.4, 0.5) is 9.93 Å². The third kappa shape index (κ3) is 2.18. The van der Waals surface area contributed by atoms with Crippen LogP contribution in [0, 0.1) is 11.8 Å². The van der Waals surface area contributed by atoms with E-state index in [9.17, 15) is 4.79 Å². The molecule has 3 atom stereocenters. The molecule has 1 aliphatic carbocycles. The summed E-state index contributed by atoms with van der Waals surface area (Å²) < 4.78 is 0.788. The smallest absolute Gasteiger partial charge is 0.404 e. The van der Waals surface area contributed by atoms with Crippen LogP contribution in [0.1, 0.15) is 12.8 Å². The van der Waals surface area contributed by atoms with Crippen LogP contribution in [-0.2, 0) is 0 Å². The van der Waals surface area contributed by atoms with Crippen molar-refractivity contribution in [1.82, 2.24) is 15.5 Å². The summed E-state index contributed by atoms with van der Waals surface area (Å²) in [6.07, 6.45) is 1.27. The van der Waals surface area contributed by atoms with Crippen molar-refractivity contribution in [3.63, 3.8) is 0 Å². The molecule has 2 heterocycles. The Morgan fingerprint density at radius 1 is 1.39 bits per heavy atom. The van der Waals surface area contributed by atoms with Crippen LogP contribution in [-0.4, -0.2) is 40.5 Å². The zero-order valence-electron chi connectivity index (χ0n) is 9.54. The molecular formula is C10H13BrN4O2S. The summed E-state index contributed by atoms with van der Waals surface area (Å²) in [4.78, 5) is 13.0. The van der Waals surface area contributed by atoms with Gasteiger partial charge in [-0.3, -0.25) is 0 Å². The lowest BCUT2D eigenvalue weighted by atomic mass is 9.92. The molecule has 3 rings (SSSR count). The van der Waals surface area contributed by atoms with Crippen molar-refractivity contribution in [2.75, 3.05) is 18.0 Å². The molecule has 0 aromatic carbocycles. The van der Waals surface area contributed by atoms with Gasteiger partial charge in [-0.2, -0.15) is 0 Å². The molecule has 6 nitrogen and oxygen atoms in total. The van der Waals surface area contributed by atoms with Crippen LogP contribution >= 0.6 is 27.3 Å². The molecule has 1 amide bonds. The summed E-state index contributed by atoms with van der Waals surface area (Å²) in [6, 6.07) is 0.107. The van der Waals surface area contributed by atoms with Gasteiger partial charge in [0.2, 0.25) is 5.13 Å². The fourth-order valence-electron chi connectivity index (χ4n) is 3.08. The highest BCUT2D eigenvalue weighted by Crippen LogP contribution is 2.39. The summed E-state index contributed by atoms with van der Waals surface area (Å²) in [7, 11) is 0. The van der Waals surface area contributed by atoms with Crippen LogP contribution in [0.3, 0.4) is 0 Å². The molecule has 18 heavy (non-hydrogen) atoms. The fraction of sp³-hybridized carbons (Fsp3) is 0.700. The lowest BCUT2D eigenvalue weighted by molar-refractivity contribution is 0.178. The molecule has 2 fully saturated rings. The van der Waals surface area contributed by atoms with E-state index in [0.717, 1.165) is 35.0 Å². The van der Waals surface area contributed by atoms with Crippen LogP contribution in [0.25, 0.3) is 0 Å². The van der Waals surface area contributed by atoms with Gasteiger partial charge < -0.3 is 15.3 Å². The van der Waals surface area contributed by atoms with Crippen molar-refractivity contribution in [2.45, 2.75) is 18.9 Å². The molecule has 2 aliphatic rings. The van der Waals surface area contributed by atoms with Crippen molar-refractivity contribution in [3.8, 4) is 0 Å². The number of anilines is 1. The number of nitrogens with one attached hydrogen (secondary N) is 1. The van der Waals surface area contributed by atoms with Gasteiger partial charge in [-0.15, -0.1) is 10.2 Å². The normalized spacial score (nSPS) is 30.5. The number of hydrogen-bond donors (Lipinski definition) is 2. The van der Waals surface area contributed by atoms with Crippen LogP contribution in [0.15, 0.2) is 3.92 Å². The topological polar surface area (TPSA) is 78.4 Å². The minimum Gasteiger partial charge on any atom is -0.465 e. The maximum Gasteiger partial charge on any atom is 0.404 e. The Hall–Kier alpha value is -0.890. The molecule has 1 saturated heterocycles. The molecule has 0 spiro atoms. The Morgan fingerprint density at radius 2 is 2.06 bits per heavy atom. The Balaban J connectivity index is 1.73. The fourth-order valence-corrected chi connectivity index (χ4v) is 4.19. The number of carbonyl (C=O) groups is 1. The van der Waals surface area contributed by atoms with E-state index in [-0.39, 0.29) is 6.04 Å². The van der Waals surface area contributed by atoms with E-state index in [1.807, 2.05) is 0 Å². The van der Waals surface area contributed by atoms with Gasteiger partial charge in [0, 0.05) is 19.1 Å². The van der Waals surface area contributed by atoms with E-state index in [1.165, 1.54) is 11.3 Å². The van der Waals surface area contributed by atoms with E-state index in [2.05, 4.69) is 36.3 Å². The number of amides is 1. The highest BCUT2D eigenvalue weighted by atomic mass is 79.9. The number of piperidine rings is 1. The predicted molar refractivity (Wildman–Crippen MR) is 71.0 cm³/mol. The van der Waals surface area contributed by atoms with Gasteiger partial charge in [-0.05, 0) is 40.6 Å². The summed E-state index contributed by atoms with van der Waals surface area (Å²) in [5, 5.41) is 20.6. The van der Waals surface area contributed by atoms with Gasteiger partial charge in [0.15, 0.2) is 3.92 Å². The lowest BCUT2D eigenvalue weighted by Crippen LogP contribution is -2.52. The highest BCUT2D eigenvalue weighted by molar-refractivity contribution is 9.11. The largest absolute Gasteiger partial charge is 0.465 e. The number of fused-ring (bicyclic) bond motifs is 2. The number of halogens is 1. The summed E-state index contributed by atoms with van der Waals surface area (Å²) >= 11 is 4.84. The van der Waals surface area contributed by atoms with Crippen molar-refractivity contribution in [1.29, 1.82) is 0 Å². The highest BCUT2D eigenvalue weighted by Gasteiger charge is 2.43. The van der Waals surface area contributed by atoms with E-state index >= 15 is 0 Å². The van der Waals surface area contributed by atoms with E-state index in [4.69, 9.17) is 5.11 Å². The minimum atomic E-state index is -0.913. The maximum absolute atomic E-state index is 10.8. The zero-order chi connectivity index (χ0) is 12.7. The first-order valence-electron chi connectivity index (χ1n) is 5.87. The van der Waals surface area contributed by atoms with E-state index in [1.54, 1.807) is 0 Å². The first-order valence-corrected chi connectivity index (χ1v) is 7.48. The first kappa shape index (κ1) is 12.2. The van der Waals surface area contributed by atoms with Gasteiger partial charge in [0.25, 0.3) is 0 Å². The Morgan fingerprint density at radius 3 is 2.56 bits per heavy atom. The first-order chi connectivity index (χ1) is 8.63. The van der Waals surface area contributed by atoms with Crippen LogP contribution in [0.5, 0.6) is 0 Å². The molecular weight excluding hydrogens is 320 g/mol. The van der Waals surface area contributed by atoms with E-state index in [0.29, 0.717) is 11.8 Å². The molecule has 8 heteroatoms. The number of aromatic nitrogens is 2. The van der Waals surface area contributed by atoms with Gasteiger partial charge in [-0.25, -0.2) is 4.79 Å². The Kier molecular flexibility index (Phi) is 3.14. The Bertz CT molecular complexity index is 454. The second kappa shape index (κ2) is 4.65. The molecule has 1 aromatic heterocycles. The average molecular weight is 333 g/mol. The van der Waals surface area contributed by atoms with Crippen molar-refractivity contribution >= 4 is 38.5 Å². The quantitative estimate of drug-likeness (QED) is 0.863. The molecule has 2 N–H and O–H groups in total. The molecule has 1 saturated carbocycles. The molecule has 1 aromatic rings. The molecule has 98 valence electrons. The second-order valence-electron chi connectivity index (χ2n) is 4.82. The predicted octanol–water partition coefficient (Wildman–Crippen LogP) is 1.78. The SMILES string of the molecule is O=C(O)N[C@@H]1[C@@H]2CC[C@H]1CN(c1nnc(Br)s1)C2. The average Bonchev–Trinajstić information content (AvgIpc) is 2.81. The molecule has 1 aliphatic heterocycles. The molecule has 2 bridgehead atoms. The van der Waals surface area contributed by atoms with Crippen molar-refractivity contribution in [3.05, 3.63) is 3.92 Å². The van der Waals surface area contributed by atoms with Gasteiger partial charge >= 0.3 is 6.09 Å². The van der Waals surface area contributed by atoms with Gasteiger partial charge in [0.1, 0.15) is 0 Å². The zero-order valence-corrected chi connectivity index (χ0v) is 11.9. The maximum atomic E-state index is 10.8. The molecule has 0 radical (unpaired) electrons. The summed E-state index contributed by atoms with van der Waals surface area (Å²) in [6.45, 7) is 1.73. The van der Waals surface area contributed by atoms with Crippen molar-refractivity contribution < 1.29 is 9.90 Å². The van der Waals surface area contributed by atoms with Crippen molar-refractivity contribution in [2.24, 2.45) is 11.8 Å². The molecule has 0 unspecified atom stereocenters. The van der Waals surface area contributed by atoms with Crippen LogP contribution < -0.4 is 10.2 Å². The second-order valence-corrected chi connectivity index (χ2v) is 7.05. The number of nitrogens with zero attached hydrogens (tertiary/aromatic N) is 3. The number of carboxylic acid groups (broad SMARTS) is 1. The van der Waals surface area contributed by atoms with Crippen LogP contribution in [0.2, 0.25) is 0 Å². The lowest BCUT2D eigenvalue weighted by Gasteiger charge is -2.37. The third-order valence-corrected chi connectivity index (χ3v) is 5.20. The van der Waals surface area contributed by atoms with E-state index < -0.39 is 6.09 Å². The summed E-state index contributed by atoms with van der Waals surface area (Å²) in [5.74, 6) is 0.782. The third-order valence-electron chi connectivity index (χ3n) is 3.78. The summed E-state index contributed by atoms with van der Waals surface area (Å²) in [5.41, 5.74) is 0. The van der Waals surface area contributed by atoms with Gasteiger partial charge in [-0.1, -0.05) is 11.3 Å². The number of rotatable bonds is 2. The minimum absolute atomic E-state index is 0.107. The monoisotopic (exact) mass is 332 g/mol. The van der Waals surface area contributed by atoms with Gasteiger partial charge in [0.05, 0.1) is 0 Å². The standard InChI is InChI=1S/C10H13BrN4O2S/c11-8-13-14-9(18-8)15-3-5-1-2-6(4-15)7(5)12-10(16)17/h5-7,12H,1-4H2,(H,16,17)/t5-,6+,7-.